The fourth-order valence-corrected chi connectivity index (χ4v) is 2.53. The summed E-state index contributed by atoms with van der Waals surface area (Å²) in [4.78, 5) is 11.2. The molecule has 1 aromatic carbocycles. The SMILES string of the molecule is CCOC(=O)CCCCn1ccc2cc(Br)ccc21. The molecule has 1 aromatic heterocycles. The Kier molecular flexibility index (Phi) is 5.02. The van der Waals surface area contributed by atoms with Crippen molar-refractivity contribution in [3.05, 3.63) is 34.9 Å². The predicted octanol–water partition coefficient (Wildman–Crippen LogP) is 4.14. The summed E-state index contributed by atoms with van der Waals surface area (Å²) in [6, 6.07) is 8.40. The highest BCUT2D eigenvalue weighted by Crippen LogP contribution is 2.21. The van der Waals surface area contributed by atoms with E-state index in [1.807, 2.05) is 6.92 Å². The monoisotopic (exact) mass is 323 g/mol. The number of ether oxygens (including phenoxy) is 1. The molecular weight excluding hydrogens is 306 g/mol. The highest BCUT2D eigenvalue weighted by molar-refractivity contribution is 9.10. The summed E-state index contributed by atoms with van der Waals surface area (Å²) in [5.41, 5.74) is 1.24. The minimum atomic E-state index is -0.0937. The molecule has 0 atom stereocenters. The van der Waals surface area contributed by atoms with E-state index < -0.39 is 0 Å². The maximum atomic E-state index is 11.2. The minimum Gasteiger partial charge on any atom is -0.466 e. The number of halogens is 1. The second-order valence-electron chi connectivity index (χ2n) is 4.47. The van der Waals surface area contributed by atoms with Crippen LogP contribution in [0.5, 0.6) is 0 Å². The normalized spacial score (nSPS) is 10.8. The van der Waals surface area contributed by atoms with Crippen LogP contribution in [0.15, 0.2) is 34.9 Å². The molecule has 0 saturated heterocycles. The molecule has 102 valence electrons. The van der Waals surface area contributed by atoms with Crippen LogP contribution in [0.4, 0.5) is 0 Å². The molecular formula is C15H18BrNO2. The third-order valence-corrected chi connectivity index (χ3v) is 3.56. The smallest absolute Gasteiger partial charge is 0.305 e. The number of hydrogen-bond acceptors (Lipinski definition) is 2. The fourth-order valence-electron chi connectivity index (χ4n) is 2.15. The lowest BCUT2D eigenvalue weighted by Crippen LogP contribution is -2.04. The van der Waals surface area contributed by atoms with E-state index in [4.69, 9.17) is 4.74 Å². The fraction of sp³-hybridized carbons (Fsp3) is 0.400. The number of aryl methyl sites for hydroxylation is 1. The van der Waals surface area contributed by atoms with Gasteiger partial charge in [0.2, 0.25) is 0 Å². The first-order valence-corrected chi connectivity index (χ1v) is 7.40. The van der Waals surface area contributed by atoms with Crippen LogP contribution in [0, 0.1) is 0 Å². The van der Waals surface area contributed by atoms with Gasteiger partial charge in [-0.15, -0.1) is 0 Å². The zero-order valence-electron chi connectivity index (χ0n) is 11.1. The number of benzene rings is 1. The minimum absolute atomic E-state index is 0.0937. The zero-order valence-corrected chi connectivity index (χ0v) is 12.6. The van der Waals surface area contributed by atoms with E-state index in [0.717, 1.165) is 23.9 Å². The maximum absolute atomic E-state index is 11.2. The Bertz CT molecular complexity index is 562. The van der Waals surface area contributed by atoms with Crippen LogP contribution in [-0.2, 0) is 16.1 Å². The van der Waals surface area contributed by atoms with Crippen LogP contribution < -0.4 is 0 Å². The van der Waals surface area contributed by atoms with Gasteiger partial charge in [-0.1, -0.05) is 15.9 Å². The third-order valence-electron chi connectivity index (χ3n) is 3.07. The standard InChI is InChI=1S/C15H18BrNO2/c1-2-19-15(18)5-3-4-9-17-10-8-12-11-13(16)6-7-14(12)17/h6-8,10-11H,2-5,9H2,1H3. The van der Waals surface area contributed by atoms with Crippen molar-refractivity contribution in [2.75, 3.05) is 6.61 Å². The van der Waals surface area contributed by atoms with Gasteiger partial charge in [0.05, 0.1) is 6.61 Å². The second-order valence-corrected chi connectivity index (χ2v) is 5.39. The van der Waals surface area contributed by atoms with Crippen molar-refractivity contribution in [3.8, 4) is 0 Å². The number of nitrogens with zero attached hydrogens (tertiary/aromatic N) is 1. The Labute approximate surface area is 121 Å². The molecule has 0 aliphatic heterocycles. The Hall–Kier alpha value is -1.29. The molecule has 1 heterocycles. The molecule has 0 aliphatic rings. The van der Waals surface area contributed by atoms with Crippen molar-refractivity contribution >= 4 is 32.8 Å². The summed E-state index contributed by atoms with van der Waals surface area (Å²) in [5.74, 6) is -0.0937. The van der Waals surface area contributed by atoms with E-state index in [9.17, 15) is 4.79 Å². The highest BCUT2D eigenvalue weighted by Gasteiger charge is 2.03. The summed E-state index contributed by atoms with van der Waals surface area (Å²) in [6.07, 6.45) is 4.47. The summed E-state index contributed by atoms with van der Waals surface area (Å²) >= 11 is 3.48. The van der Waals surface area contributed by atoms with Crippen molar-refractivity contribution in [1.29, 1.82) is 0 Å². The Morgan fingerprint density at radius 2 is 2.16 bits per heavy atom. The first-order chi connectivity index (χ1) is 9.20. The molecule has 0 aliphatic carbocycles. The predicted molar refractivity (Wildman–Crippen MR) is 80.1 cm³/mol. The summed E-state index contributed by atoms with van der Waals surface area (Å²) in [6.45, 7) is 3.24. The molecule has 0 unspecified atom stereocenters. The van der Waals surface area contributed by atoms with Gasteiger partial charge in [0.15, 0.2) is 0 Å². The molecule has 0 fully saturated rings. The van der Waals surface area contributed by atoms with Gasteiger partial charge in [0.1, 0.15) is 0 Å². The zero-order chi connectivity index (χ0) is 13.7. The summed E-state index contributed by atoms with van der Waals surface area (Å²) in [5, 5.41) is 1.24. The van der Waals surface area contributed by atoms with Crippen LogP contribution in [0.3, 0.4) is 0 Å². The van der Waals surface area contributed by atoms with E-state index >= 15 is 0 Å². The van der Waals surface area contributed by atoms with Crippen LogP contribution in [0.2, 0.25) is 0 Å². The van der Waals surface area contributed by atoms with Crippen LogP contribution >= 0.6 is 15.9 Å². The third kappa shape index (κ3) is 3.83. The first kappa shape index (κ1) is 14.1. The van der Waals surface area contributed by atoms with Gasteiger partial charge < -0.3 is 9.30 Å². The molecule has 0 saturated carbocycles. The lowest BCUT2D eigenvalue weighted by atomic mass is 10.2. The lowest BCUT2D eigenvalue weighted by molar-refractivity contribution is -0.143. The van der Waals surface area contributed by atoms with Crippen LogP contribution in [-0.4, -0.2) is 17.1 Å². The number of unbranched alkanes of at least 4 members (excludes halogenated alkanes) is 1. The molecule has 2 rings (SSSR count). The molecule has 0 spiro atoms. The number of aromatic nitrogens is 1. The average molecular weight is 324 g/mol. The number of fused-ring (bicyclic) bond motifs is 1. The van der Waals surface area contributed by atoms with Crippen LogP contribution in [0.1, 0.15) is 26.2 Å². The Morgan fingerprint density at radius 1 is 1.32 bits per heavy atom. The van der Waals surface area contributed by atoms with Gasteiger partial charge in [-0.3, -0.25) is 4.79 Å². The van der Waals surface area contributed by atoms with Gasteiger partial charge in [-0.05, 0) is 44.0 Å². The molecule has 0 N–H and O–H groups in total. The van der Waals surface area contributed by atoms with E-state index in [0.29, 0.717) is 13.0 Å². The first-order valence-electron chi connectivity index (χ1n) is 6.60. The molecule has 0 radical (unpaired) electrons. The van der Waals surface area contributed by atoms with Crippen molar-refractivity contribution in [3.63, 3.8) is 0 Å². The summed E-state index contributed by atoms with van der Waals surface area (Å²) < 4.78 is 8.24. The van der Waals surface area contributed by atoms with Crippen LogP contribution in [0.25, 0.3) is 10.9 Å². The molecule has 3 nitrogen and oxygen atoms in total. The largest absolute Gasteiger partial charge is 0.466 e. The van der Waals surface area contributed by atoms with Gasteiger partial charge in [0, 0.05) is 34.5 Å². The van der Waals surface area contributed by atoms with Gasteiger partial charge in [0.25, 0.3) is 0 Å². The Morgan fingerprint density at radius 3 is 2.95 bits per heavy atom. The van der Waals surface area contributed by atoms with E-state index in [1.54, 1.807) is 0 Å². The van der Waals surface area contributed by atoms with Crippen molar-refractivity contribution in [2.45, 2.75) is 32.7 Å². The van der Waals surface area contributed by atoms with Gasteiger partial charge in [-0.2, -0.15) is 0 Å². The lowest BCUT2D eigenvalue weighted by Gasteiger charge is -2.05. The molecule has 2 aromatic rings. The number of esters is 1. The van der Waals surface area contributed by atoms with Crippen molar-refractivity contribution < 1.29 is 9.53 Å². The quantitative estimate of drug-likeness (QED) is 0.591. The topological polar surface area (TPSA) is 31.2 Å². The molecule has 19 heavy (non-hydrogen) atoms. The molecule has 4 heteroatoms. The van der Waals surface area contributed by atoms with Crippen molar-refractivity contribution in [2.24, 2.45) is 0 Å². The average Bonchev–Trinajstić information content (AvgIpc) is 2.77. The number of carbonyl (C=O) groups is 1. The number of hydrogen-bond donors (Lipinski definition) is 0. The van der Waals surface area contributed by atoms with Gasteiger partial charge in [-0.25, -0.2) is 0 Å². The molecule has 0 bridgehead atoms. The highest BCUT2D eigenvalue weighted by atomic mass is 79.9. The Balaban J connectivity index is 1.86. The maximum Gasteiger partial charge on any atom is 0.305 e. The van der Waals surface area contributed by atoms with Crippen molar-refractivity contribution in [1.82, 2.24) is 4.57 Å². The number of rotatable bonds is 6. The van der Waals surface area contributed by atoms with E-state index in [2.05, 4.69) is 51.0 Å². The summed E-state index contributed by atoms with van der Waals surface area (Å²) in [7, 11) is 0. The van der Waals surface area contributed by atoms with Gasteiger partial charge >= 0.3 is 5.97 Å². The molecule has 0 amide bonds. The second kappa shape index (κ2) is 6.75. The van der Waals surface area contributed by atoms with E-state index in [1.165, 1.54) is 10.9 Å². The number of carbonyl (C=O) groups excluding carboxylic acids is 1. The van der Waals surface area contributed by atoms with E-state index in [-0.39, 0.29) is 5.97 Å².